The third kappa shape index (κ3) is 12.2. The van der Waals surface area contributed by atoms with Crippen molar-refractivity contribution in [1.82, 2.24) is 24.9 Å². The average molecular weight is 1270 g/mol. The summed E-state index contributed by atoms with van der Waals surface area (Å²) in [7, 11) is 4.95. The van der Waals surface area contributed by atoms with Gasteiger partial charge in [0, 0.05) is 90.6 Å². The Morgan fingerprint density at radius 1 is 0.372 bits per heavy atom. The van der Waals surface area contributed by atoms with Gasteiger partial charge >= 0.3 is 0 Å². The van der Waals surface area contributed by atoms with Crippen LogP contribution in [0.2, 0.25) is 0 Å². The van der Waals surface area contributed by atoms with Crippen LogP contribution in [-0.2, 0) is 59.8 Å². The molecule has 15 nitrogen and oxygen atoms in total. The number of nitrogens with zero attached hydrogens (tertiary/aromatic N) is 3. The molecule has 0 spiro atoms. The molecule has 496 valence electrons. The van der Waals surface area contributed by atoms with Crippen LogP contribution in [0.1, 0.15) is 165 Å². The number of fused-ring (bicyclic) bond motifs is 20. The maximum atomic E-state index is 11.5. The number of aromatic amines is 2. The van der Waals surface area contributed by atoms with Gasteiger partial charge in [-0.15, -0.1) is 0 Å². The van der Waals surface area contributed by atoms with Gasteiger partial charge in [0.15, 0.2) is 0 Å². The number of allylic oxidation sites excluding steroid dienone is 10. The SMILES string of the molecule is C.C/C=C1\C2C=C(C)CC1(N)c1ccc(OC)nc1C2.C/C=C1\C2C=C(C)C[C@@]1(N)c1ccc(=O)[nH]c1C2.C/C=C1\C2C=C(C)C[C@@]1(N)c1ccc(OC)nc1C2.C/C=C1\C2C=C(C)C[C@]1(N)c1ccc(=O)[nH]c1C2.C/C=C1\C2C=C(C)C[C@]1(N)c1ccc(OC)nc1C2. The Hall–Kier alpha value is -8.05. The van der Waals surface area contributed by atoms with Crippen LogP contribution < -0.4 is 54.0 Å². The Morgan fingerprint density at radius 2 is 0.596 bits per heavy atom. The summed E-state index contributed by atoms with van der Waals surface area (Å²) in [6.07, 6.45) is 31.2. The molecule has 5 aromatic rings. The number of methoxy groups -OCH3 is 3. The summed E-state index contributed by atoms with van der Waals surface area (Å²) >= 11 is 0. The Kier molecular flexibility index (Phi) is 19.5. The first-order valence-electron chi connectivity index (χ1n) is 33.1. The molecule has 15 heteroatoms. The highest BCUT2D eigenvalue weighted by Gasteiger charge is 2.49. The van der Waals surface area contributed by atoms with E-state index in [-0.39, 0.29) is 35.2 Å². The van der Waals surface area contributed by atoms with Gasteiger partial charge in [-0.25, -0.2) is 15.0 Å². The van der Waals surface area contributed by atoms with Crippen molar-refractivity contribution in [3.8, 4) is 17.6 Å². The van der Waals surface area contributed by atoms with E-state index in [0.717, 1.165) is 120 Å². The van der Waals surface area contributed by atoms with Gasteiger partial charge in [-0.3, -0.25) is 9.59 Å². The monoisotopic (exact) mass is 1270 g/mol. The lowest BCUT2D eigenvalue weighted by Gasteiger charge is -2.45. The highest BCUT2D eigenvalue weighted by Crippen LogP contribution is 2.53. The number of pyridine rings is 5. The quantitative estimate of drug-likeness (QED) is 0.0830. The predicted molar refractivity (Wildman–Crippen MR) is 379 cm³/mol. The molecular formula is C79H100N10O5. The van der Waals surface area contributed by atoms with Crippen LogP contribution in [0.15, 0.2) is 187 Å². The molecule has 0 aliphatic heterocycles. The minimum absolute atomic E-state index is 0. The van der Waals surface area contributed by atoms with E-state index < -0.39 is 11.1 Å². The molecule has 0 saturated carbocycles. The second-order valence-corrected chi connectivity index (χ2v) is 27.6. The van der Waals surface area contributed by atoms with E-state index in [0.29, 0.717) is 47.2 Å². The van der Waals surface area contributed by atoms with E-state index in [1.165, 1.54) is 55.7 Å². The first kappa shape index (κ1) is 68.8. The van der Waals surface area contributed by atoms with Crippen molar-refractivity contribution < 1.29 is 14.2 Å². The second kappa shape index (κ2) is 26.6. The van der Waals surface area contributed by atoms with Gasteiger partial charge in [-0.2, -0.15) is 0 Å². The Morgan fingerprint density at radius 3 is 0.830 bits per heavy atom. The van der Waals surface area contributed by atoms with E-state index in [1.54, 1.807) is 33.5 Å². The van der Waals surface area contributed by atoms with Crippen LogP contribution >= 0.6 is 0 Å². The summed E-state index contributed by atoms with van der Waals surface area (Å²) in [5.74, 6) is 3.83. The molecular weight excluding hydrogens is 1170 g/mol. The average Bonchev–Trinajstić information content (AvgIpc) is 0.775. The van der Waals surface area contributed by atoms with Crippen molar-refractivity contribution >= 4 is 0 Å². The standard InChI is InChI=1S/3C16H20N2O.2C15H18N2O.CH4/c3*1-4-12-11-7-10(2)9-16(12,17)13-5-6-15(19-3)18-14(13)8-11;2*1-3-11-10-6-9(2)8-15(11,16)12-4-5-14(18)17-13(12)7-10;/h3*4-7,11H,8-9,17H2,1-3H3;2*3-6,10H,7-8,16H2,1-2H3,(H,17,18);1H4/b3*12-4+;2*11-3+;/t2*11?,16-;;2*10?,15-;/m10.10./s1. The molecule has 94 heavy (non-hydrogen) atoms. The number of nitrogens with one attached hydrogen (secondary N) is 2. The minimum Gasteiger partial charge on any atom is -0.481 e. The zero-order valence-corrected chi connectivity index (χ0v) is 56.8. The van der Waals surface area contributed by atoms with Crippen molar-refractivity contribution in [2.75, 3.05) is 21.3 Å². The van der Waals surface area contributed by atoms with E-state index in [2.05, 4.69) is 173 Å². The number of hydrogen-bond acceptors (Lipinski definition) is 13. The molecule has 5 aromatic heterocycles. The molecule has 10 atom stereocenters. The molecule has 0 fully saturated rings. The van der Waals surface area contributed by atoms with E-state index in [1.807, 2.05) is 30.3 Å². The Labute approximate surface area is 556 Å². The number of ether oxygens (including phenoxy) is 3. The van der Waals surface area contributed by atoms with Crippen LogP contribution in [0.25, 0.3) is 0 Å². The fourth-order valence-electron chi connectivity index (χ4n) is 18.0. The molecule has 5 heterocycles. The fourth-order valence-corrected chi connectivity index (χ4v) is 18.0. The van der Waals surface area contributed by atoms with Gasteiger partial charge in [0.1, 0.15) is 0 Å². The Balaban J connectivity index is 0.000000128. The number of H-pyrrole nitrogens is 2. The van der Waals surface area contributed by atoms with E-state index in [9.17, 15) is 9.59 Å². The summed E-state index contributed by atoms with van der Waals surface area (Å²) in [6, 6.07) is 18.9. The van der Waals surface area contributed by atoms with Crippen molar-refractivity contribution in [3.05, 3.63) is 254 Å². The predicted octanol–water partition coefficient (Wildman–Crippen LogP) is 12.8. The smallest absolute Gasteiger partial charge is 0.248 e. The van der Waals surface area contributed by atoms with Gasteiger partial charge in [0.2, 0.25) is 28.8 Å². The zero-order chi connectivity index (χ0) is 66.7. The lowest BCUT2D eigenvalue weighted by molar-refractivity contribution is 0.379. The molecule has 10 bridgehead atoms. The molecule has 0 saturated heterocycles. The van der Waals surface area contributed by atoms with Crippen molar-refractivity contribution in [2.45, 2.75) is 169 Å². The zero-order valence-electron chi connectivity index (χ0n) is 56.8. The van der Waals surface area contributed by atoms with Crippen LogP contribution in [0.4, 0.5) is 0 Å². The molecule has 0 aromatic carbocycles. The largest absolute Gasteiger partial charge is 0.481 e. The normalized spacial score (nSPS) is 31.0. The molecule has 10 aliphatic carbocycles. The van der Waals surface area contributed by atoms with Crippen molar-refractivity contribution in [2.24, 2.45) is 58.3 Å². The molecule has 10 aliphatic rings. The number of hydrogen-bond donors (Lipinski definition) is 7. The van der Waals surface area contributed by atoms with Gasteiger partial charge < -0.3 is 52.8 Å². The maximum Gasteiger partial charge on any atom is 0.248 e. The fraction of sp³-hybridized carbons (Fsp3) is 0.430. The van der Waals surface area contributed by atoms with Gasteiger partial charge in [-0.05, 0) is 200 Å². The first-order valence-corrected chi connectivity index (χ1v) is 33.1. The van der Waals surface area contributed by atoms with E-state index in [4.69, 9.17) is 42.9 Å². The summed E-state index contributed by atoms with van der Waals surface area (Å²) in [5.41, 5.74) is 55.8. The van der Waals surface area contributed by atoms with Crippen molar-refractivity contribution in [3.63, 3.8) is 0 Å². The van der Waals surface area contributed by atoms with Gasteiger partial charge in [0.25, 0.3) is 0 Å². The maximum absolute atomic E-state index is 11.5. The molecule has 6 unspecified atom stereocenters. The number of aromatic nitrogens is 5. The molecule has 15 rings (SSSR count). The van der Waals surface area contributed by atoms with Gasteiger partial charge in [-0.1, -0.05) is 96.1 Å². The first-order chi connectivity index (χ1) is 44.3. The van der Waals surface area contributed by atoms with Crippen LogP contribution in [0.5, 0.6) is 17.6 Å². The van der Waals surface area contributed by atoms with Crippen molar-refractivity contribution in [1.29, 1.82) is 0 Å². The number of nitrogens with two attached hydrogens (primary N) is 5. The summed E-state index contributed by atoms with van der Waals surface area (Å²) in [6.45, 7) is 21.1. The summed E-state index contributed by atoms with van der Waals surface area (Å²) < 4.78 is 15.7. The number of rotatable bonds is 3. The molecule has 0 radical (unpaired) electrons. The van der Waals surface area contributed by atoms with Crippen LogP contribution in [0.3, 0.4) is 0 Å². The summed E-state index contributed by atoms with van der Waals surface area (Å²) in [5, 5.41) is 0. The van der Waals surface area contributed by atoms with Crippen LogP contribution in [-0.4, -0.2) is 46.2 Å². The highest BCUT2D eigenvalue weighted by atomic mass is 16.5. The second-order valence-electron chi connectivity index (χ2n) is 27.6. The van der Waals surface area contributed by atoms with Gasteiger partial charge in [0.05, 0.1) is 66.1 Å². The topological polar surface area (TPSA) is 262 Å². The van der Waals surface area contributed by atoms with Crippen LogP contribution in [0, 0.1) is 29.6 Å². The lowest BCUT2D eigenvalue weighted by Crippen LogP contribution is -2.48. The summed E-state index contributed by atoms with van der Waals surface area (Å²) in [4.78, 5) is 42.6. The highest BCUT2D eigenvalue weighted by molar-refractivity contribution is 5.55. The minimum atomic E-state index is -0.434. The Bertz CT molecular complexity index is 3900. The molecule has 12 N–H and O–H groups in total. The third-order valence-corrected chi connectivity index (χ3v) is 21.3. The lowest BCUT2D eigenvalue weighted by atomic mass is 9.63. The third-order valence-electron chi connectivity index (χ3n) is 21.3. The molecule has 0 amide bonds. The van der Waals surface area contributed by atoms with E-state index >= 15 is 0 Å².